The van der Waals surface area contributed by atoms with Crippen LogP contribution in [0.5, 0.6) is 0 Å². The van der Waals surface area contributed by atoms with Gasteiger partial charge in [0.2, 0.25) is 0 Å². The van der Waals surface area contributed by atoms with Gasteiger partial charge in [0, 0.05) is 19.1 Å². The smallest absolute Gasteiger partial charge is 0.407 e. The minimum Gasteiger partial charge on any atom is -0.444 e. The van der Waals surface area contributed by atoms with Gasteiger partial charge in [0.1, 0.15) is 5.60 Å². The number of likely N-dealkylation sites (tertiary alicyclic amines) is 1. The summed E-state index contributed by atoms with van der Waals surface area (Å²) < 4.78 is 5.24. The van der Waals surface area contributed by atoms with Gasteiger partial charge < -0.3 is 15.8 Å². The molecule has 0 radical (unpaired) electrons. The van der Waals surface area contributed by atoms with Gasteiger partial charge in [-0.05, 0) is 52.1 Å². The SMILES string of the molecule is CC1(C)CCN(C(CN)CNC(=O)OC(C)(C)C)CC1. The maximum absolute atomic E-state index is 11.7. The first-order chi connectivity index (χ1) is 9.13. The second kappa shape index (κ2) is 6.76. The van der Waals surface area contributed by atoms with Crippen molar-refractivity contribution in [2.75, 3.05) is 26.2 Å². The zero-order valence-corrected chi connectivity index (χ0v) is 13.7. The van der Waals surface area contributed by atoms with Crippen molar-refractivity contribution in [1.82, 2.24) is 10.2 Å². The van der Waals surface area contributed by atoms with Gasteiger partial charge in [-0.1, -0.05) is 13.8 Å². The number of rotatable bonds is 4. The number of hydrogen-bond donors (Lipinski definition) is 2. The normalized spacial score (nSPS) is 21.3. The topological polar surface area (TPSA) is 67.6 Å². The van der Waals surface area contributed by atoms with Gasteiger partial charge >= 0.3 is 6.09 Å². The van der Waals surface area contributed by atoms with Crippen molar-refractivity contribution in [2.24, 2.45) is 11.1 Å². The predicted molar refractivity (Wildman–Crippen MR) is 81.7 cm³/mol. The Morgan fingerprint density at radius 2 is 1.90 bits per heavy atom. The Morgan fingerprint density at radius 3 is 2.35 bits per heavy atom. The molecule has 0 spiro atoms. The molecule has 0 aromatic heterocycles. The second-order valence-corrected chi connectivity index (χ2v) is 7.47. The van der Waals surface area contributed by atoms with E-state index in [1.165, 1.54) is 12.8 Å². The molecule has 0 aromatic rings. The minimum absolute atomic E-state index is 0.193. The van der Waals surface area contributed by atoms with E-state index >= 15 is 0 Å². The molecule has 1 fully saturated rings. The maximum atomic E-state index is 11.7. The molecule has 20 heavy (non-hydrogen) atoms. The minimum atomic E-state index is -0.461. The third-order valence-corrected chi connectivity index (χ3v) is 3.82. The highest BCUT2D eigenvalue weighted by Gasteiger charge is 2.29. The molecule has 1 rings (SSSR count). The molecule has 1 heterocycles. The molecule has 5 nitrogen and oxygen atoms in total. The fraction of sp³-hybridized carbons (Fsp3) is 0.933. The van der Waals surface area contributed by atoms with Crippen LogP contribution in [0.15, 0.2) is 0 Å². The van der Waals surface area contributed by atoms with Gasteiger partial charge in [0.15, 0.2) is 0 Å². The summed E-state index contributed by atoms with van der Waals surface area (Å²) in [6.07, 6.45) is 1.99. The van der Waals surface area contributed by atoms with E-state index in [9.17, 15) is 4.79 Å². The van der Waals surface area contributed by atoms with E-state index in [2.05, 4.69) is 24.1 Å². The number of amides is 1. The highest BCUT2D eigenvalue weighted by atomic mass is 16.6. The molecule has 1 aliphatic rings. The standard InChI is InChI=1S/C15H31N3O2/c1-14(2,3)20-13(19)17-11-12(10-16)18-8-6-15(4,5)7-9-18/h12H,6-11,16H2,1-5H3,(H,17,19). The quantitative estimate of drug-likeness (QED) is 0.828. The van der Waals surface area contributed by atoms with Crippen molar-refractivity contribution in [3.05, 3.63) is 0 Å². The first-order valence-electron chi connectivity index (χ1n) is 7.54. The van der Waals surface area contributed by atoms with Crippen molar-refractivity contribution in [3.63, 3.8) is 0 Å². The third kappa shape index (κ3) is 6.09. The van der Waals surface area contributed by atoms with E-state index in [0.717, 1.165) is 13.1 Å². The van der Waals surface area contributed by atoms with Gasteiger partial charge in [0.25, 0.3) is 0 Å². The predicted octanol–water partition coefficient (Wildman–Crippen LogP) is 1.96. The number of nitrogens with one attached hydrogen (secondary N) is 1. The number of piperidine rings is 1. The molecule has 1 aliphatic heterocycles. The molecule has 1 unspecified atom stereocenters. The van der Waals surface area contributed by atoms with Gasteiger partial charge in [0.05, 0.1) is 0 Å². The molecular weight excluding hydrogens is 254 g/mol. The van der Waals surface area contributed by atoms with Crippen LogP contribution >= 0.6 is 0 Å². The fourth-order valence-electron chi connectivity index (χ4n) is 2.37. The Balaban J connectivity index is 2.39. The van der Waals surface area contributed by atoms with E-state index in [1.54, 1.807) is 0 Å². The Bertz CT molecular complexity index is 314. The molecule has 5 heteroatoms. The molecule has 0 bridgehead atoms. The van der Waals surface area contributed by atoms with Crippen LogP contribution in [0.3, 0.4) is 0 Å². The summed E-state index contributed by atoms with van der Waals surface area (Å²) in [7, 11) is 0. The average Bonchev–Trinajstić information content (AvgIpc) is 2.29. The molecular formula is C15H31N3O2. The summed E-state index contributed by atoms with van der Waals surface area (Å²) in [5.74, 6) is 0. The average molecular weight is 285 g/mol. The van der Waals surface area contributed by atoms with E-state index in [1.807, 2.05) is 20.8 Å². The largest absolute Gasteiger partial charge is 0.444 e. The van der Waals surface area contributed by atoms with E-state index in [4.69, 9.17) is 10.5 Å². The van der Waals surface area contributed by atoms with E-state index in [0.29, 0.717) is 18.5 Å². The summed E-state index contributed by atoms with van der Waals surface area (Å²) in [4.78, 5) is 14.0. The Hall–Kier alpha value is -0.810. The van der Waals surface area contributed by atoms with Crippen LogP contribution in [0.25, 0.3) is 0 Å². The Morgan fingerprint density at radius 1 is 1.35 bits per heavy atom. The molecule has 1 saturated heterocycles. The van der Waals surface area contributed by atoms with Crippen molar-refractivity contribution < 1.29 is 9.53 Å². The Kier molecular flexibility index (Phi) is 5.83. The van der Waals surface area contributed by atoms with Crippen molar-refractivity contribution in [2.45, 2.75) is 59.1 Å². The highest BCUT2D eigenvalue weighted by molar-refractivity contribution is 5.67. The van der Waals surface area contributed by atoms with Gasteiger partial charge in [-0.2, -0.15) is 0 Å². The number of carbonyl (C=O) groups excluding carboxylic acids is 1. The lowest BCUT2D eigenvalue weighted by Crippen LogP contribution is -2.52. The zero-order valence-electron chi connectivity index (χ0n) is 13.7. The second-order valence-electron chi connectivity index (χ2n) is 7.47. The number of nitrogens with two attached hydrogens (primary N) is 1. The maximum Gasteiger partial charge on any atom is 0.407 e. The summed E-state index contributed by atoms with van der Waals surface area (Å²) in [5, 5.41) is 2.83. The molecule has 3 N–H and O–H groups in total. The number of alkyl carbamates (subject to hydrolysis) is 1. The monoisotopic (exact) mass is 285 g/mol. The number of ether oxygens (including phenoxy) is 1. The number of nitrogens with zero attached hydrogens (tertiary/aromatic N) is 1. The van der Waals surface area contributed by atoms with Gasteiger partial charge in [-0.15, -0.1) is 0 Å². The Labute approximate surface area is 123 Å². The van der Waals surface area contributed by atoms with E-state index in [-0.39, 0.29) is 12.1 Å². The molecule has 118 valence electrons. The van der Waals surface area contributed by atoms with Crippen LogP contribution in [-0.4, -0.2) is 48.8 Å². The summed E-state index contributed by atoms with van der Waals surface area (Å²) in [6, 6.07) is 0.193. The summed E-state index contributed by atoms with van der Waals surface area (Å²) in [5.41, 5.74) is 5.81. The number of hydrogen-bond acceptors (Lipinski definition) is 4. The molecule has 1 amide bonds. The van der Waals surface area contributed by atoms with Crippen LogP contribution in [0.2, 0.25) is 0 Å². The van der Waals surface area contributed by atoms with Crippen molar-refractivity contribution in [1.29, 1.82) is 0 Å². The van der Waals surface area contributed by atoms with Gasteiger partial charge in [-0.3, -0.25) is 4.90 Å². The molecule has 0 aliphatic carbocycles. The van der Waals surface area contributed by atoms with Crippen LogP contribution in [0.4, 0.5) is 4.79 Å². The fourth-order valence-corrected chi connectivity index (χ4v) is 2.37. The van der Waals surface area contributed by atoms with Crippen LogP contribution in [0.1, 0.15) is 47.5 Å². The third-order valence-electron chi connectivity index (χ3n) is 3.82. The summed E-state index contributed by atoms with van der Waals surface area (Å²) >= 11 is 0. The van der Waals surface area contributed by atoms with Crippen LogP contribution in [-0.2, 0) is 4.74 Å². The molecule has 0 saturated carbocycles. The first kappa shape index (κ1) is 17.2. The van der Waals surface area contributed by atoms with Crippen molar-refractivity contribution in [3.8, 4) is 0 Å². The highest BCUT2D eigenvalue weighted by Crippen LogP contribution is 2.30. The molecule has 0 aromatic carbocycles. The van der Waals surface area contributed by atoms with Gasteiger partial charge in [-0.25, -0.2) is 4.79 Å². The first-order valence-corrected chi connectivity index (χ1v) is 7.54. The zero-order chi connectivity index (χ0) is 15.4. The van der Waals surface area contributed by atoms with Crippen LogP contribution < -0.4 is 11.1 Å². The lowest BCUT2D eigenvalue weighted by Gasteiger charge is -2.40. The molecule has 1 atom stereocenters. The van der Waals surface area contributed by atoms with Crippen LogP contribution in [0, 0.1) is 5.41 Å². The van der Waals surface area contributed by atoms with E-state index < -0.39 is 5.60 Å². The lowest BCUT2D eigenvalue weighted by molar-refractivity contribution is 0.0484. The van der Waals surface area contributed by atoms with Crippen molar-refractivity contribution >= 4 is 6.09 Å². The lowest BCUT2D eigenvalue weighted by atomic mass is 9.82. The summed E-state index contributed by atoms with van der Waals surface area (Å²) in [6.45, 7) is 13.4. The number of carbonyl (C=O) groups is 1.